The Balaban J connectivity index is 2.77. The van der Waals surface area contributed by atoms with Crippen LogP contribution in [0.4, 0.5) is 5.69 Å². The molecule has 112 valence electrons. The highest BCUT2D eigenvalue weighted by atomic mass is 32.2. The Morgan fingerprint density at radius 1 is 1.30 bits per heavy atom. The van der Waals surface area contributed by atoms with E-state index in [0.29, 0.717) is 12.4 Å². The van der Waals surface area contributed by atoms with E-state index in [1.165, 1.54) is 0 Å². The standard InChI is InChI=1S/C13H19NO5S/c1-3-18-11-7-5-6-10(14)12(11)13(15)19-8-9-20(16,17)4-2/h5-7H,3-4,8-9,14H2,1-2H3. The van der Waals surface area contributed by atoms with Crippen molar-refractivity contribution >= 4 is 21.5 Å². The van der Waals surface area contributed by atoms with Crippen LogP contribution in [-0.4, -0.2) is 39.1 Å². The van der Waals surface area contributed by atoms with E-state index in [1.807, 2.05) is 0 Å². The van der Waals surface area contributed by atoms with Crippen LogP contribution in [0.5, 0.6) is 5.75 Å². The highest BCUT2D eigenvalue weighted by Crippen LogP contribution is 2.25. The number of carbonyl (C=O) groups excluding carboxylic acids is 1. The molecule has 0 aliphatic heterocycles. The minimum absolute atomic E-state index is 0.0161. The molecular formula is C13H19NO5S. The van der Waals surface area contributed by atoms with Crippen LogP contribution in [0.1, 0.15) is 24.2 Å². The molecule has 7 heteroatoms. The van der Waals surface area contributed by atoms with Crippen molar-refractivity contribution in [2.45, 2.75) is 13.8 Å². The maximum atomic E-state index is 12.0. The largest absolute Gasteiger partial charge is 0.493 e. The molecule has 0 fully saturated rings. The van der Waals surface area contributed by atoms with Crippen LogP contribution in [0.15, 0.2) is 18.2 Å². The van der Waals surface area contributed by atoms with Crippen molar-refractivity contribution in [1.82, 2.24) is 0 Å². The zero-order chi connectivity index (χ0) is 15.2. The smallest absolute Gasteiger partial charge is 0.344 e. The van der Waals surface area contributed by atoms with E-state index < -0.39 is 15.8 Å². The second kappa shape index (κ2) is 7.14. The van der Waals surface area contributed by atoms with Crippen LogP contribution >= 0.6 is 0 Å². The van der Waals surface area contributed by atoms with Crippen molar-refractivity contribution in [3.63, 3.8) is 0 Å². The summed E-state index contributed by atoms with van der Waals surface area (Å²) < 4.78 is 32.9. The first-order valence-corrected chi connectivity index (χ1v) is 8.12. The number of ether oxygens (including phenoxy) is 2. The normalized spacial score (nSPS) is 11.1. The van der Waals surface area contributed by atoms with Gasteiger partial charge in [-0.3, -0.25) is 0 Å². The summed E-state index contributed by atoms with van der Waals surface area (Å²) in [5.41, 5.74) is 6.10. The summed E-state index contributed by atoms with van der Waals surface area (Å²) in [4.78, 5) is 12.0. The van der Waals surface area contributed by atoms with Gasteiger partial charge in [0.15, 0.2) is 9.84 Å². The minimum atomic E-state index is -3.17. The Kier molecular flexibility index (Phi) is 5.82. The second-order valence-electron chi connectivity index (χ2n) is 4.03. The van der Waals surface area contributed by atoms with E-state index in [-0.39, 0.29) is 29.4 Å². The van der Waals surface area contributed by atoms with E-state index >= 15 is 0 Å². The molecule has 1 aromatic carbocycles. The lowest BCUT2D eigenvalue weighted by Gasteiger charge is -2.12. The molecular weight excluding hydrogens is 282 g/mol. The summed E-state index contributed by atoms with van der Waals surface area (Å²) in [6, 6.07) is 4.83. The number of nitrogens with two attached hydrogens (primary N) is 1. The van der Waals surface area contributed by atoms with Crippen LogP contribution in [0, 0.1) is 0 Å². The van der Waals surface area contributed by atoms with E-state index in [1.54, 1.807) is 32.0 Å². The number of rotatable bonds is 7. The summed E-state index contributed by atoms with van der Waals surface area (Å²) >= 11 is 0. The molecule has 1 rings (SSSR count). The molecule has 20 heavy (non-hydrogen) atoms. The van der Waals surface area contributed by atoms with Gasteiger partial charge in [-0.1, -0.05) is 13.0 Å². The molecule has 1 aromatic rings. The molecule has 0 aliphatic carbocycles. The second-order valence-corrected chi connectivity index (χ2v) is 6.50. The molecule has 0 atom stereocenters. The lowest BCUT2D eigenvalue weighted by Crippen LogP contribution is -2.18. The van der Waals surface area contributed by atoms with Crippen molar-refractivity contribution in [2.24, 2.45) is 0 Å². The van der Waals surface area contributed by atoms with Gasteiger partial charge in [0.2, 0.25) is 0 Å². The van der Waals surface area contributed by atoms with E-state index in [9.17, 15) is 13.2 Å². The molecule has 0 bridgehead atoms. The molecule has 0 saturated heterocycles. The van der Waals surface area contributed by atoms with Crippen LogP contribution in [-0.2, 0) is 14.6 Å². The average molecular weight is 301 g/mol. The van der Waals surface area contributed by atoms with Gasteiger partial charge in [0.1, 0.15) is 17.9 Å². The molecule has 0 heterocycles. The molecule has 0 spiro atoms. The first kappa shape index (κ1) is 16.3. The van der Waals surface area contributed by atoms with Crippen molar-refractivity contribution < 1.29 is 22.7 Å². The maximum Gasteiger partial charge on any atom is 0.344 e. The number of benzene rings is 1. The SMILES string of the molecule is CCOc1cccc(N)c1C(=O)OCCS(=O)(=O)CC. The van der Waals surface area contributed by atoms with Gasteiger partial charge in [0.05, 0.1) is 12.4 Å². The average Bonchev–Trinajstić information content (AvgIpc) is 2.39. The fraction of sp³-hybridized carbons (Fsp3) is 0.462. The Hall–Kier alpha value is -1.76. The molecule has 0 radical (unpaired) electrons. The number of sulfone groups is 1. The van der Waals surface area contributed by atoms with Crippen LogP contribution < -0.4 is 10.5 Å². The lowest BCUT2D eigenvalue weighted by atomic mass is 10.1. The van der Waals surface area contributed by atoms with Gasteiger partial charge in [-0.25, -0.2) is 13.2 Å². The minimum Gasteiger partial charge on any atom is -0.493 e. The van der Waals surface area contributed by atoms with Gasteiger partial charge in [-0.2, -0.15) is 0 Å². The number of esters is 1. The Morgan fingerprint density at radius 2 is 2.00 bits per heavy atom. The van der Waals surface area contributed by atoms with Crippen molar-refractivity contribution in [3.05, 3.63) is 23.8 Å². The predicted octanol–water partition coefficient (Wildman–Crippen LogP) is 1.26. The highest BCUT2D eigenvalue weighted by molar-refractivity contribution is 7.91. The summed E-state index contributed by atoms with van der Waals surface area (Å²) in [7, 11) is -3.17. The van der Waals surface area contributed by atoms with Gasteiger partial charge >= 0.3 is 5.97 Å². The first-order chi connectivity index (χ1) is 9.41. The molecule has 0 unspecified atom stereocenters. The van der Waals surface area contributed by atoms with Gasteiger partial charge in [0, 0.05) is 11.4 Å². The number of carbonyl (C=O) groups is 1. The number of nitrogen functional groups attached to an aromatic ring is 1. The fourth-order valence-electron chi connectivity index (χ4n) is 1.52. The van der Waals surface area contributed by atoms with Crippen LogP contribution in [0.25, 0.3) is 0 Å². The third-order valence-corrected chi connectivity index (χ3v) is 4.30. The number of hydrogen-bond donors (Lipinski definition) is 1. The van der Waals surface area contributed by atoms with Crippen LogP contribution in [0.2, 0.25) is 0 Å². The Labute approximate surface area is 118 Å². The maximum absolute atomic E-state index is 12.0. The molecule has 0 amide bonds. The summed E-state index contributed by atoms with van der Waals surface area (Å²) in [5.74, 6) is -0.539. The fourth-order valence-corrected chi connectivity index (χ4v) is 2.15. The van der Waals surface area contributed by atoms with Crippen LogP contribution in [0.3, 0.4) is 0 Å². The summed E-state index contributed by atoms with van der Waals surface area (Å²) in [6.45, 7) is 3.51. The monoisotopic (exact) mass is 301 g/mol. The van der Waals surface area contributed by atoms with Crippen molar-refractivity contribution in [2.75, 3.05) is 30.5 Å². The van der Waals surface area contributed by atoms with Gasteiger partial charge in [-0.15, -0.1) is 0 Å². The van der Waals surface area contributed by atoms with E-state index in [2.05, 4.69) is 0 Å². The summed E-state index contributed by atoms with van der Waals surface area (Å²) in [5, 5.41) is 0. The third-order valence-electron chi connectivity index (χ3n) is 2.63. The zero-order valence-electron chi connectivity index (χ0n) is 11.6. The quantitative estimate of drug-likeness (QED) is 0.601. The molecule has 0 aliphatic rings. The predicted molar refractivity (Wildman–Crippen MR) is 76.6 cm³/mol. The van der Waals surface area contributed by atoms with Crippen molar-refractivity contribution in [3.8, 4) is 5.75 Å². The molecule has 0 aromatic heterocycles. The third kappa shape index (κ3) is 4.41. The topological polar surface area (TPSA) is 95.7 Å². The van der Waals surface area contributed by atoms with E-state index in [0.717, 1.165) is 0 Å². The summed E-state index contributed by atoms with van der Waals surface area (Å²) in [6.07, 6.45) is 0. The number of anilines is 1. The molecule has 0 saturated carbocycles. The van der Waals surface area contributed by atoms with E-state index in [4.69, 9.17) is 15.2 Å². The molecule has 6 nitrogen and oxygen atoms in total. The molecule has 2 N–H and O–H groups in total. The van der Waals surface area contributed by atoms with Gasteiger partial charge in [-0.05, 0) is 19.1 Å². The number of hydrogen-bond acceptors (Lipinski definition) is 6. The van der Waals surface area contributed by atoms with Gasteiger partial charge in [0.25, 0.3) is 0 Å². The Bertz CT molecular complexity index is 568. The highest BCUT2D eigenvalue weighted by Gasteiger charge is 2.18. The van der Waals surface area contributed by atoms with Gasteiger partial charge < -0.3 is 15.2 Å². The zero-order valence-corrected chi connectivity index (χ0v) is 12.4. The first-order valence-electron chi connectivity index (χ1n) is 6.30. The van der Waals surface area contributed by atoms with Crippen molar-refractivity contribution in [1.29, 1.82) is 0 Å². The lowest BCUT2D eigenvalue weighted by molar-refractivity contribution is 0.0526. The Morgan fingerprint density at radius 3 is 2.60 bits per heavy atom.